The Hall–Kier alpha value is -2.83. The van der Waals surface area contributed by atoms with Gasteiger partial charge in [-0.3, -0.25) is 4.79 Å². The molecule has 2 rings (SSSR count). The van der Waals surface area contributed by atoms with E-state index < -0.39 is 0 Å². The molecule has 0 bridgehead atoms. The average molecular weight is 332 g/mol. The van der Waals surface area contributed by atoms with Crippen LogP contribution >= 0.6 is 0 Å². The predicted octanol–water partition coefficient (Wildman–Crippen LogP) is 1.90. The van der Waals surface area contributed by atoms with Crippen LogP contribution in [0, 0.1) is 5.82 Å². The SMILES string of the molecule is CCNC(=NCc1cccc(F)c1)NCCNC(=O)c1ccco1. The van der Waals surface area contributed by atoms with Crippen molar-refractivity contribution in [3.63, 3.8) is 0 Å². The van der Waals surface area contributed by atoms with Crippen molar-refractivity contribution in [2.75, 3.05) is 19.6 Å². The summed E-state index contributed by atoms with van der Waals surface area (Å²) >= 11 is 0. The standard InChI is InChI=1S/C17H21FN4O2/c1-2-19-17(22-12-13-5-3-6-14(18)11-13)21-9-8-20-16(23)15-7-4-10-24-15/h3-7,10-11H,2,8-9,12H2,1H3,(H,20,23)(H2,19,21,22). The lowest BCUT2D eigenvalue weighted by Crippen LogP contribution is -2.41. The van der Waals surface area contributed by atoms with Gasteiger partial charge in [0, 0.05) is 19.6 Å². The highest BCUT2D eigenvalue weighted by atomic mass is 19.1. The molecule has 0 saturated heterocycles. The van der Waals surface area contributed by atoms with Crippen molar-refractivity contribution in [1.82, 2.24) is 16.0 Å². The smallest absolute Gasteiger partial charge is 0.287 e. The summed E-state index contributed by atoms with van der Waals surface area (Å²) in [6.07, 6.45) is 1.45. The molecule has 0 fully saturated rings. The van der Waals surface area contributed by atoms with Crippen LogP contribution in [0.25, 0.3) is 0 Å². The van der Waals surface area contributed by atoms with Crippen LogP contribution < -0.4 is 16.0 Å². The fourth-order valence-electron chi connectivity index (χ4n) is 2.00. The Labute approximate surface area is 140 Å². The van der Waals surface area contributed by atoms with Crippen molar-refractivity contribution in [2.45, 2.75) is 13.5 Å². The Balaban J connectivity index is 1.78. The molecule has 6 nitrogen and oxygen atoms in total. The summed E-state index contributed by atoms with van der Waals surface area (Å²) in [5, 5.41) is 8.94. The van der Waals surface area contributed by atoms with Crippen molar-refractivity contribution in [3.05, 3.63) is 59.8 Å². The first kappa shape index (κ1) is 17.5. The number of nitrogens with one attached hydrogen (secondary N) is 3. The van der Waals surface area contributed by atoms with E-state index in [9.17, 15) is 9.18 Å². The highest BCUT2D eigenvalue weighted by Crippen LogP contribution is 2.04. The number of carbonyl (C=O) groups is 1. The minimum absolute atomic E-state index is 0.261. The Kier molecular flexibility index (Phi) is 6.82. The molecule has 7 heteroatoms. The number of guanidine groups is 1. The number of aliphatic imine (C=N–C) groups is 1. The van der Waals surface area contributed by atoms with E-state index in [2.05, 4.69) is 20.9 Å². The summed E-state index contributed by atoms with van der Waals surface area (Å²) in [6.45, 7) is 3.95. The monoisotopic (exact) mass is 332 g/mol. The van der Waals surface area contributed by atoms with Crippen molar-refractivity contribution < 1.29 is 13.6 Å². The van der Waals surface area contributed by atoms with Crippen LogP contribution in [0.2, 0.25) is 0 Å². The molecule has 1 aromatic carbocycles. The van der Waals surface area contributed by atoms with Gasteiger partial charge in [-0.25, -0.2) is 9.38 Å². The van der Waals surface area contributed by atoms with Crippen LogP contribution in [-0.4, -0.2) is 31.5 Å². The predicted molar refractivity (Wildman–Crippen MR) is 90.3 cm³/mol. The minimum atomic E-state index is -0.277. The Morgan fingerprint density at radius 3 is 2.71 bits per heavy atom. The summed E-state index contributed by atoms with van der Waals surface area (Å²) in [7, 11) is 0. The van der Waals surface area contributed by atoms with Crippen LogP contribution in [0.3, 0.4) is 0 Å². The lowest BCUT2D eigenvalue weighted by Gasteiger charge is -2.11. The molecular formula is C17H21FN4O2. The van der Waals surface area contributed by atoms with Crippen molar-refractivity contribution >= 4 is 11.9 Å². The van der Waals surface area contributed by atoms with Crippen LogP contribution in [0.4, 0.5) is 4.39 Å². The molecule has 0 spiro atoms. The second kappa shape index (κ2) is 9.34. The van der Waals surface area contributed by atoms with E-state index >= 15 is 0 Å². The van der Waals surface area contributed by atoms with Crippen LogP contribution in [0.5, 0.6) is 0 Å². The Bertz CT molecular complexity index is 671. The van der Waals surface area contributed by atoms with Crippen molar-refractivity contribution in [2.24, 2.45) is 4.99 Å². The number of halogens is 1. The lowest BCUT2D eigenvalue weighted by atomic mass is 10.2. The molecule has 0 radical (unpaired) electrons. The highest BCUT2D eigenvalue weighted by molar-refractivity contribution is 5.91. The van der Waals surface area contributed by atoms with Crippen LogP contribution in [0.15, 0.2) is 52.1 Å². The fourth-order valence-corrected chi connectivity index (χ4v) is 2.00. The number of amides is 1. The first-order valence-electron chi connectivity index (χ1n) is 7.77. The maximum atomic E-state index is 13.2. The zero-order valence-corrected chi connectivity index (χ0v) is 13.5. The van der Waals surface area contributed by atoms with Crippen LogP contribution in [0.1, 0.15) is 23.0 Å². The van der Waals surface area contributed by atoms with E-state index in [1.807, 2.05) is 13.0 Å². The van der Waals surface area contributed by atoms with E-state index in [4.69, 9.17) is 4.42 Å². The number of benzene rings is 1. The molecule has 24 heavy (non-hydrogen) atoms. The summed E-state index contributed by atoms with van der Waals surface area (Å²) in [5.74, 6) is 0.348. The first-order valence-corrected chi connectivity index (χ1v) is 7.77. The Morgan fingerprint density at radius 2 is 2.00 bits per heavy atom. The lowest BCUT2D eigenvalue weighted by molar-refractivity contribution is 0.0926. The Morgan fingerprint density at radius 1 is 1.17 bits per heavy atom. The van der Waals surface area contributed by atoms with Gasteiger partial charge in [0.2, 0.25) is 0 Å². The number of hydrogen-bond acceptors (Lipinski definition) is 3. The van der Waals surface area contributed by atoms with Gasteiger partial charge in [-0.1, -0.05) is 12.1 Å². The summed E-state index contributed by atoms with van der Waals surface area (Å²) in [5.41, 5.74) is 0.790. The number of furan rings is 1. The van der Waals surface area contributed by atoms with Gasteiger partial charge in [0.1, 0.15) is 5.82 Å². The van der Waals surface area contributed by atoms with Crippen molar-refractivity contribution in [3.8, 4) is 0 Å². The number of hydrogen-bond donors (Lipinski definition) is 3. The summed E-state index contributed by atoms with van der Waals surface area (Å²) in [6, 6.07) is 9.60. The summed E-state index contributed by atoms with van der Waals surface area (Å²) < 4.78 is 18.2. The maximum Gasteiger partial charge on any atom is 0.287 e. The van der Waals surface area contributed by atoms with Gasteiger partial charge in [0.25, 0.3) is 5.91 Å². The number of rotatable bonds is 7. The third-order valence-corrected chi connectivity index (χ3v) is 3.10. The maximum absolute atomic E-state index is 13.2. The molecule has 3 N–H and O–H groups in total. The van der Waals surface area contributed by atoms with E-state index in [1.54, 1.807) is 18.2 Å². The topological polar surface area (TPSA) is 78.7 Å². The fraction of sp³-hybridized carbons (Fsp3) is 0.294. The molecule has 128 valence electrons. The third-order valence-electron chi connectivity index (χ3n) is 3.10. The average Bonchev–Trinajstić information content (AvgIpc) is 3.11. The van der Waals surface area contributed by atoms with E-state index in [1.165, 1.54) is 18.4 Å². The van der Waals surface area contributed by atoms with E-state index in [0.29, 0.717) is 32.1 Å². The second-order valence-corrected chi connectivity index (χ2v) is 4.99. The zero-order valence-electron chi connectivity index (χ0n) is 13.5. The second-order valence-electron chi connectivity index (χ2n) is 4.99. The molecule has 1 aromatic heterocycles. The van der Waals surface area contributed by atoms with Gasteiger partial charge in [0.05, 0.1) is 12.8 Å². The summed E-state index contributed by atoms with van der Waals surface area (Å²) in [4.78, 5) is 16.1. The normalized spacial score (nSPS) is 11.2. The minimum Gasteiger partial charge on any atom is -0.459 e. The van der Waals surface area contributed by atoms with E-state index in [-0.39, 0.29) is 17.5 Å². The quantitative estimate of drug-likeness (QED) is 0.411. The molecule has 1 heterocycles. The molecule has 0 unspecified atom stereocenters. The number of nitrogens with zero attached hydrogens (tertiary/aromatic N) is 1. The van der Waals surface area contributed by atoms with Gasteiger partial charge < -0.3 is 20.4 Å². The largest absolute Gasteiger partial charge is 0.459 e. The molecule has 0 saturated carbocycles. The first-order chi connectivity index (χ1) is 11.7. The third kappa shape index (κ3) is 5.75. The van der Waals surface area contributed by atoms with Gasteiger partial charge in [0.15, 0.2) is 11.7 Å². The molecular weight excluding hydrogens is 311 g/mol. The van der Waals surface area contributed by atoms with Gasteiger partial charge in [-0.05, 0) is 36.8 Å². The molecule has 0 atom stereocenters. The van der Waals surface area contributed by atoms with Gasteiger partial charge >= 0.3 is 0 Å². The molecule has 1 amide bonds. The number of carbonyl (C=O) groups excluding carboxylic acids is 1. The van der Waals surface area contributed by atoms with Gasteiger partial charge in [-0.15, -0.1) is 0 Å². The molecule has 0 aliphatic heterocycles. The van der Waals surface area contributed by atoms with Crippen LogP contribution in [-0.2, 0) is 6.54 Å². The van der Waals surface area contributed by atoms with E-state index in [0.717, 1.165) is 5.56 Å². The zero-order chi connectivity index (χ0) is 17.2. The molecule has 0 aliphatic carbocycles. The van der Waals surface area contributed by atoms with Gasteiger partial charge in [-0.2, -0.15) is 0 Å². The molecule has 2 aromatic rings. The highest BCUT2D eigenvalue weighted by Gasteiger charge is 2.06. The van der Waals surface area contributed by atoms with Crippen molar-refractivity contribution in [1.29, 1.82) is 0 Å². The molecule has 0 aliphatic rings.